The minimum atomic E-state index is -1.13. The van der Waals surface area contributed by atoms with Gasteiger partial charge in [-0.15, -0.1) is 0 Å². The summed E-state index contributed by atoms with van der Waals surface area (Å²) in [4.78, 5) is 11.1. The van der Waals surface area contributed by atoms with Crippen LogP contribution in [0.25, 0.3) is 0 Å². The SMILES string of the molecule is Cc1ccc(Oc2c(Cl)ccc(C(=O)O)c2Cl)cc1C(C)C. The lowest BCUT2D eigenvalue weighted by molar-refractivity contribution is 0.0696. The van der Waals surface area contributed by atoms with Crippen molar-refractivity contribution in [2.45, 2.75) is 26.7 Å². The molecule has 0 saturated heterocycles. The van der Waals surface area contributed by atoms with Crippen molar-refractivity contribution in [2.75, 3.05) is 0 Å². The Hall–Kier alpha value is -1.71. The van der Waals surface area contributed by atoms with Crippen LogP contribution >= 0.6 is 23.2 Å². The average Bonchev–Trinajstić information content (AvgIpc) is 2.44. The molecule has 1 N–H and O–H groups in total. The Morgan fingerprint density at radius 1 is 1.18 bits per heavy atom. The fraction of sp³-hybridized carbons (Fsp3) is 0.235. The molecule has 0 amide bonds. The van der Waals surface area contributed by atoms with Gasteiger partial charge in [-0.2, -0.15) is 0 Å². The van der Waals surface area contributed by atoms with E-state index in [2.05, 4.69) is 13.8 Å². The van der Waals surface area contributed by atoms with Gasteiger partial charge in [0.1, 0.15) is 5.75 Å². The van der Waals surface area contributed by atoms with E-state index in [0.717, 1.165) is 5.56 Å². The van der Waals surface area contributed by atoms with E-state index >= 15 is 0 Å². The number of ether oxygens (including phenoxy) is 1. The van der Waals surface area contributed by atoms with Gasteiger partial charge >= 0.3 is 5.97 Å². The van der Waals surface area contributed by atoms with Crippen molar-refractivity contribution in [2.24, 2.45) is 0 Å². The van der Waals surface area contributed by atoms with E-state index in [1.54, 1.807) is 6.07 Å². The molecule has 0 radical (unpaired) electrons. The van der Waals surface area contributed by atoms with Gasteiger partial charge in [0.05, 0.1) is 15.6 Å². The molecule has 0 unspecified atom stereocenters. The summed E-state index contributed by atoms with van der Waals surface area (Å²) < 4.78 is 5.75. The number of aromatic carboxylic acids is 1. The Morgan fingerprint density at radius 3 is 2.45 bits per heavy atom. The van der Waals surface area contributed by atoms with Crippen LogP contribution in [0, 0.1) is 6.92 Å². The molecule has 0 aliphatic heterocycles. The Labute approximate surface area is 139 Å². The standard InChI is InChI=1S/C17H16Cl2O3/c1-9(2)13-8-11(5-4-10(13)3)22-16-14(18)7-6-12(15(16)19)17(20)21/h4-9H,1-3H3,(H,20,21). The van der Waals surface area contributed by atoms with Gasteiger partial charge in [0.15, 0.2) is 5.75 Å². The van der Waals surface area contributed by atoms with Crippen molar-refractivity contribution < 1.29 is 14.6 Å². The summed E-state index contributed by atoms with van der Waals surface area (Å²) in [5, 5.41) is 9.38. The first-order valence-electron chi connectivity index (χ1n) is 6.81. The largest absolute Gasteiger partial charge is 0.478 e. The molecule has 0 aromatic heterocycles. The van der Waals surface area contributed by atoms with Crippen LogP contribution in [0.5, 0.6) is 11.5 Å². The molecule has 5 heteroatoms. The van der Waals surface area contributed by atoms with Crippen molar-refractivity contribution in [3.05, 3.63) is 57.1 Å². The van der Waals surface area contributed by atoms with Gasteiger partial charge in [0, 0.05) is 0 Å². The second kappa shape index (κ2) is 6.59. The number of rotatable bonds is 4. The third kappa shape index (κ3) is 3.37. The minimum absolute atomic E-state index is 0.00771. The summed E-state index contributed by atoms with van der Waals surface area (Å²) in [5.41, 5.74) is 2.27. The highest BCUT2D eigenvalue weighted by Crippen LogP contribution is 2.39. The van der Waals surface area contributed by atoms with Gasteiger partial charge in [-0.25, -0.2) is 4.79 Å². The van der Waals surface area contributed by atoms with Crippen LogP contribution in [0.2, 0.25) is 10.0 Å². The lowest BCUT2D eigenvalue weighted by Gasteiger charge is -2.15. The first kappa shape index (κ1) is 16.7. The summed E-state index contributed by atoms with van der Waals surface area (Å²) in [6.45, 7) is 6.22. The first-order chi connectivity index (χ1) is 10.3. The predicted molar refractivity (Wildman–Crippen MR) is 88.8 cm³/mol. The highest BCUT2D eigenvalue weighted by molar-refractivity contribution is 6.39. The van der Waals surface area contributed by atoms with Crippen molar-refractivity contribution in [1.82, 2.24) is 0 Å². The quantitative estimate of drug-likeness (QED) is 0.752. The van der Waals surface area contributed by atoms with Crippen molar-refractivity contribution in [1.29, 1.82) is 0 Å². The third-order valence-corrected chi connectivity index (χ3v) is 4.04. The second-order valence-corrected chi connectivity index (χ2v) is 6.10. The van der Waals surface area contributed by atoms with E-state index in [-0.39, 0.29) is 21.4 Å². The smallest absolute Gasteiger partial charge is 0.337 e. The fourth-order valence-electron chi connectivity index (χ4n) is 2.21. The zero-order chi connectivity index (χ0) is 16.4. The monoisotopic (exact) mass is 338 g/mol. The first-order valence-corrected chi connectivity index (χ1v) is 7.56. The van der Waals surface area contributed by atoms with Crippen LogP contribution < -0.4 is 4.74 Å². The Balaban J connectivity index is 2.45. The summed E-state index contributed by atoms with van der Waals surface area (Å²) in [6, 6.07) is 8.49. The Kier molecular flexibility index (Phi) is 4.99. The molecule has 0 atom stereocenters. The fourth-order valence-corrected chi connectivity index (χ4v) is 2.74. The summed E-state index contributed by atoms with van der Waals surface area (Å²) >= 11 is 12.2. The molecule has 0 saturated carbocycles. The van der Waals surface area contributed by atoms with Gasteiger partial charge < -0.3 is 9.84 Å². The van der Waals surface area contributed by atoms with Gasteiger partial charge in [0.25, 0.3) is 0 Å². The van der Waals surface area contributed by atoms with Crippen molar-refractivity contribution in [3.63, 3.8) is 0 Å². The molecule has 3 nitrogen and oxygen atoms in total. The van der Waals surface area contributed by atoms with Crippen LogP contribution in [0.15, 0.2) is 30.3 Å². The predicted octanol–water partition coefficient (Wildman–Crippen LogP) is 5.92. The molecule has 0 aliphatic rings. The van der Waals surface area contributed by atoms with Crippen LogP contribution in [0.1, 0.15) is 41.3 Å². The molecule has 2 rings (SSSR count). The van der Waals surface area contributed by atoms with Gasteiger partial charge in [0.2, 0.25) is 0 Å². The number of benzene rings is 2. The molecular formula is C17H16Cl2O3. The van der Waals surface area contributed by atoms with Crippen LogP contribution in [0.3, 0.4) is 0 Å². The highest BCUT2D eigenvalue weighted by Gasteiger charge is 2.18. The molecule has 0 fully saturated rings. The lowest BCUT2D eigenvalue weighted by atomic mass is 9.98. The van der Waals surface area contributed by atoms with E-state index < -0.39 is 5.97 Å². The molecule has 116 valence electrons. The highest BCUT2D eigenvalue weighted by atomic mass is 35.5. The summed E-state index contributed by atoms with van der Waals surface area (Å²) in [6.07, 6.45) is 0. The molecule has 22 heavy (non-hydrogen) atoms. The van der Waals surface area contributed by atoms with Crippen LogP contribution in [-0.2, 0) is 0 Å². The van der Waals surface area contributed by atoms with Crippen LogP contribution in [0.4, 0.5) is 0 Å². The number of halogens is 2. The van der Waals surface area contributed by atoms with Crippen LogP contribution in [-0.4, -0.2) is 11.1 Å². The summed E-state index contributed by atoms with van der Waals surface area (Å²) in [7, 11) is 0. The molecule has 0 aliphatic carbocycles. The number of carboxylic acid groups (broad SMARTS) is 1. The van der Waals surface area contributed by atoms with E-state index in [1.165, 1.54) is 17.7 Å². The number of hydrogen-bond acceptors (Lipinski definition) is 2. The number of carboxylic acids is 1. The molecule has 0 spiro atoms. The molecule has 0 bridgehead atoms. The maximum Gasteiger partial charge on any atom is 0.337 e. The Morgan fingerprint density at radius 2 is 1.86 bits per heavy atom. The van der Waals surface area contributed by atoms with E-state index in [1.807, 2.05) is 19.1 Å². The zero-order valence-electron chi connectivity index (χ0n) is 12.5. The number of aryl methyl sites for hydroxylation is 1. The number of carbonyl (C=O) groups is 1. The van der Waals surface area contributed by atoms with Gasteiger partial charge in [-0.05, 0) is 48.2 Å². The van der Waals surface area contributed by atoms with E-state index in [0.29, 0.717) is 11.7 Å². The lowest BCUT2D eigenvalue weighted by Crippen LogP contribution is -2.00. The Bertz CT molecular complexity index is 724. The van der Waals surface area contributed by atoms with Crippen molar-refractivity contribution in [3.8, 4) is 11.5 Å². The average molecular weight is 339 g/mol. The summed E-state index contributed by atoms with van der Waals surface area (Å²) in [5.74, 6) is -0.0550. The zero-order valence-corrected chi connectivity index (χ0v) is 14.0. The second-order valence-electron chi connectivity index (χ2n) is 5.32. The topological polar surface area (TPSA) is 46.5 Å². The maximum absolute atomic E-state index is 11.1. The van der Waals surface area contributed by atoms with E-state index in [9.17, 15) is 4.79 Å². The normalized spacial score (nSPS) is 10.8. The van der Waals surface area contributed by atoms with Gasteiger partial charge in [-0.1, -0.05) is 43.1 Å². The minimum Gasteiger partial charge on any atom is -0.478 e. The number of hydrogen-bond donors (Lipinski definition) is 1. The van der Waals surface area contributed by atoms with Gasteiger partial charge in [-0.3, -0.25) is 0 Å². The third-order valence-electron chi connectivity index (χ3n) is 3.37. The maximum atomic E-state index is 11.1. The molecule has 0 heterocycles. The molecule has 2 aromatic rings. The molecule has 2 aromatic carbocycles. The van der Waals surface area contributed by atoms with E-state index in [4.69, 9.17) is 33.0 Å². The molecular weight excluding hydrogens is 323 g/mol. The van der Waals surface area contributed by atoms with Crippen molar-refractivity contribution >= 4 is 29.2 Å².